The lowest BCUT2D eigenvalue weighted by molar-refractivity contribution is 0.0692. The van der Waals surface area contributed by atoms with E-state index in [-0.39, 0.29) is 5.56 Å². The fraction of sp³-hybridized carbons (Fsp3) is 0.562. The summed E-state index contributed by atoms with van der Waals surface area (Å²) in [4.78, 5) is 11.0. The summed E-state index contributed by atoms with van der Waals surface area (Å²) in [7, 11) is 0. The Hall–Kier alpha value is -1.55. The Morgan fingerprint density at radius 3 is 2.75 bits per heavy atom. The average molecular weight is 277 g/mol. The molecule has 110 valence electrons. The maximum absolute atomic E-state index is 11.0. The van der Waals surface area contributed by atoms with Gasteiger partial charge < -0.3 is 15.2 Å². The van der Waals surface area contributed by atoms with Crippen molar-refractivity contribution in [3.8, 4) is 5.75 Å². The standard InChI is InChI=1S/C16H23NO3/c18-16(19)14-7-3-4-8-15(14)20-12-11-17-10-9-13-5-1-2-6-13/h3-4,7-8,13,17H,1-2,5-6,9-12H2,(H,18,19). The molecule has 0 saturated heterocycles. The number of carboxylic acids is 1. The molecule has 2 N–H and O–H groups in total. The Bertz CT molecular complexity index is 427. The minimum atomic E-state index is -0.949. The molecule has 0 amide bonds. The molecule has 1 aliphatic carbocycles. The van der Waals surface area contributed by atoms with E-state index in [1.165, 1.54) is 32.1 Å². The lowest BCUT2D eigenvalue weighted by Crippen LogP contribution is -2.23. The van der Waals surface area contributed by atoms with Crippen LogP contribution in [-0.2, 0) is 0 Å². The van der Waals surface area contributed by atoms with Gasteiger partial charge >= 0.3 is 5.97 Å². The van der Waals surface area contributed by atoms with E-state index in [0.29, 0.717) is 12.4 Å². The average Bonchev–Trinajstić information content (AvgIpc) is 2.96. The van der Waals surface area contributed by atoms with Crippen LogP contribution in [0.25, 0.3) is 0 Å². The second kappa shape index (κ2) is 7.90. The Kier molecular flexibility index (Phi) is 5.87. The lowest BCUT2D eigenvalue weighted by atomic mass is 10.0. The predicted octanol–water partition coefficient (Wildman–Crippen LogP) is 2.93. The number of carboxylic acid groups (broad SMARTS) is 1. The number of rotatable bonds is 8. The highest BCUT2D eigenvalue weighted by Crippen LogP contribution is 2.26. The second-order valence-electron chi connectivity index (χ2n) is 5.34. The molecular weight excluding hydrogens is 254 g/mol. The van der Waals surface area contributed by atoms with Gasteiger partial charge in [0.25, 0.3) is 0 Å². The fourth-order valence-corrected chi connectivity index (χ4v) is 2.73. The zero-order valence-electron chi connectivity index (χ0n) is 11.8. The first-order valence-electron chi connectivity index (χ1n) is 7.43. The number of benzene rings is 1. The number of ether oxygens (including phenoxy) is 1. The van der Waals surface area contributed by atoms with Crippen LogP contribution in [0.4, 0.5) is 0 Å². The third-order valence-electron chi connectivity index (χ3n) is 3.86. The van der Waals surface area contributed by atoms with Gasteiger partial charge in [-0.2, -0.15) is 0 Å². The van der Waals surface area contributed by atoms with E-state index in [0.717, 1.165) is 19.0 Å². The van der Waals surface area contributed by atoms with Gasteiger partial charge in [0.15, 0.2) is 0 Å². The number of carbonyl (C=O) groups is 1. The molecule has 0 unspecified atom stereocenters. The minimum Gasteiger partial charge on any atom is -0.491 e. The molecule has 1 aromatic carbocycles. The summed E-state index contributed by atoms with van der Waals surface area (Å²) in [6.45, 7) is 2.27. The van der Waals surface area contributed by atoms with E-state index >= 15 is 0 Å². The van der Waals surface area contributed by atoms with E-state index < -0.39 is 5.97 Å². The van der Waals surface area contributed by atoms with E-state index in [4.69, 9.17) is 9.84 Å². The number of aromatic carboxylic acids is 1. The van der Waals surface area contributed by atoms with Gasteiger partial charge in [-0.15, -0.1) is 0 Å². The van der Waals surface area contributed by atoms with Crippen LogP contribution in [-0.4, -0.2) is 30.8 Å². The van der Waals surface area contributed by atoms with Crippen LogP contribution in [0, 0.1) is 5.92 Å². The van der Waals surface area contributed by atoms with Crippen LogP contribution >= 0.6 is 0 Å². The second-order valence-corrected chi connectivity index (χ2v) is 5.34. The molecule has 4 nitrogen and oxygen atoms in total. The van der Waals surface area contributed by atoms with Gasteiger partial charge in [0.2, 0.25) is 0 Å². The van der Waals surface area contributed by atoms with Crippen molar-refractivity contribution < 1.29 is 14.6 Å². The molecule has 4 heteroatoms. The molecule has 0 heterocycles. The molecule has 0 radical (unpaired) electrons. The van der Waals surface area contributed by atoms with Crippen molar-refractivity contribution in [1.82, 2.24) is 5.32 Å². The van der Waals surface area contributed by atoms with Crippen LogP contribution in [0.5, 0.6) is 5.75 Å². The molecule has 2 rings (SSSR count). The maximum atomic E-state index is 11.0. The summed E-state index contributed by atoms with van der Waals surface area (Å²) in [5.41, 5.74) is 0.221. The largest absolute Gasteiger partial charge is 0.491 e. The van der Waals surface area contributed by atoms with Crippen LogP contribution in [0.3, 0.4) is 0 Å². The molecule has 0 spiro atoms. The zero-order valence-corrected chi connectivity index (χ0v) is 11.8. The summed E-state index contributed by atoms with van der Waals surface area (Å²) in [6, 6.07) is 6.75. The molecule has 1 aromatic rings. The van der Waals surface area contributed by atoms with Crippen molar-refractivity contribution in [3.05, 3.63) is 29.8 Å². The Morgan fingerprint density at radius 2 is 2.00 bits per heavy atom. The molecule has 0 aromatic heterocycles. The van der Waals surface area contributed by atoms with Crippen molar-refractivity contribution in [2.75, 3.05) is 19.7 Å². The monoisotopic (exact) mass is 277 g/mol. The highest BCUT2D eigenvalue weighted by atomic mass is 16.5. The molecular formula is C16H23NO3. The first-order chi connectivity index (χ1) is 9.77. The summed E-state index contributed by atoms with van der Waals surface area (Å²) < 4.78 is 5.53. The van der Waals surface area contributed by atoms with Gasteiger partial charge in [-0.05, 0) is 31.0 Å². The summed E-state index contributed by atoms with van der Waals surface area (Å²) in [6.07, 6.45) is 6.78. The Morgan fingerprint density at radius 1 is 1.25 bits per heavy atom. The van der Waals surface area contributed by atoms with E-state index in [1.807, 2.05) is 0 Å². The minimum absolute atomic E-state index is 0.221. The fourth-order valence-electron chi connectivity index (χ4n) is 2.73. The molecule has 1 saturated carbocycles. The molecule has 0 bridgehead atoms. The Balaban J connectivity index is 1.62. The smallest absolute Gasteiger partial charge is 0.339 e. The predicted molar refractivity (Wildman–Crippen MR) is 78.3 cm³/mol. The highest BCUT2D eigenvalue weighted by molar-refractivity contribution is 5.90. The first-order valence-corrected chi connectivity index (χ1v) is 7.43. The molecule has 1 fully saturated rings. The number of nitrogens with one attached hydrogen (secondary N) is 1. The lowest BCUT2D eigenvalue weighted by Gasteiger charge is -2.11. The molecule has 1 aliphatic rings. The van der Waals surface area contributed by atoms with Gasteiger partial charge in [0, 0.05) is 6.54 Å². The van der Waals surface area contributed by atoms with Crippen molar-refractivity contribution in [3.63, 3.8) is 0 Å². The Labute approximate surface area is 120 Å². The van der Waals surface area contributed by atoms with E-state index in [9.17, 15) is 4.79 Å². The summed E-state index contributed by atoms with van der Waals surface area (Å²) in [5.74, 6) is 0.392. The molecule has 0 atom stereocenters. The number of hydrogen-bond acceptors (Lipinski definition) is 3. The number of hydrogen-bond donors (Lipinski definition) is 2. The van der Waals surface area contributed by atoms with E-state index in [1.54, 1.807) is 24.3 Å². The maximum Gasteiger partial charge on any atom is 0.339 e. The number of para-hydroxylation sites is 1. The van der Waals surface area contributed by atoms with Crippen LogP contribution in [0.15, 0.2) is 24.3 Å². The van der Waals surface area contributed by atoms with Crippen LogP contribution < -0.4 is 10.1 Å². The van der Waals surface area contributed by atoms with E-state index in [2.05, 4.69) is 5.32 Å². The zero-order chi connectivity index (χ0) is 14.2. The van der Waals surface area contributed by atoms with Crippen molar-refractivity contribution in [1.29, 1.82) is 0 Å². The van der Waals surface area contributed by atoms with Crippen LogP contribution in [0.1, 0.15) is 42.5 Å². The van der Waals surface area contributed by atoms with Crippen molar-refractivity contribution in [2.45, 2.75) is 32.1 Å². The third kappa shape index (κ3) is 4.53. The van der Waals surface area contributed by atoms with Gasteiger partial charge in [0.05, 0.1) is 0 Å². The van der Waals surface area contributed by atoms with Gasteiger partial charge in [-0.25, -0.2) is 4.79 Å². The third-order valence-corrected chi connectivity index (χ3v) is 3.86. The van der Waals surface area contributed by atoms with Crippen LogP contribution in [0.2, 0.25) is 0 Å². The summed E-state index contributed by atoms with van der Waals surface area (Å²) in [5, 5.41) is 12.4. The van der Waals surface area contributed by atoms with Gasteiger partial charge in [-0.1, -0.05) is 37.8 Å². The van der Waals surface area contributed by atoms with Crippen molar-refractivity contribution in [2.24, 2.45) is 5.92 Å². The molecule has 20 heavy (non-hydrogen) atoms. The molecule has 0 aliphatic heterocycles. The normalized spacial score (nSPS) is 15.4. The quantitative estimate of drug-likeness (QED) is 0.717. The van der Waals surface area contributed by atoms with Gasteiger partial charge in [0.1, 0.15) is 17.9 Å². The SMILES string of the molecule is O=C(O)c1ccccc1OCCNCCC1CCCC1. The highest BCUT2D eigenvalue weighted by Gasteiger charge is 2.14. The summed E-state index contributed by atoms with van der Waals surface area (Å²) >= 11 is 0. The van der Waals surface area contributed by atoms with Gasteiger partial charge in [-0.3, -0.25) is 0 Å². The van der Waals surface area contributed by atoms with Crippen molar-refractivity contribution >= 4 is 5.97 Å². The topological polar surface area (TPSA) is 58.6 Å². The first kappa shape index (κ1) is 14.9.